The van der Waals surface area contributed by atoms with E-state index in [9.17, 15) is 14.4 Å². The highest BCUT2D eigenvalue weighted by Crippen LogP contribution is 2.28. The number of nitrogens with zero attached hydrogens (tertiary/aromatic N) is 1. The zero-order valence-electron chi connectivity index (χ0n) is 11.4. The number of ketones is 1. The second-order valence-electron chi connectivity index (χ2n) is 5.37. The highest BCUT2D eigenvalue weighted by Gasteiger charge is 2.54. The van der Waals surface area contributed by atoms with Crippen LogP contribution in [0.2, 0.25) is 0 Å². The van der Waals surface area contributed by atoms with Crippen molar-refractivity contribution in [1.29, 1.82) is 0 Å². The first-order chi connectivity index (χ1) is 8.13. The second kappa shape index (κ2) is 4.59. The standard InChI is InChI=1S/C12H19NO5/c1-11(2,3)18-10(16)13-7-6-8(14)12(13,4)9(15)17-5/h6-7H2,1-5H3/t12-/m0/s1. The van der Waals surface area contributed by atoms with Crippen LogP contribution in [0.15, 0.2) is 0 Å². The van der Waals surface area contributed by atoms with E-state index in [0.29, 0.717) is 0 Å². The highest BCUT2D eigenvalue weighted by molar-refractivity contribution is 6.11. The minimum Gasteiger partial charge on any atom is -0.467 e. The molecule has 6 heteroatoms. The lowest BCUT2D eigenvalue weighted by atomic mass is 9.98. The van der Waals surface area contributed by atoms with E-state index in [1.807, 2.05) is 0 Å². The van der Waals surface area contributed by atoms with Gasteiger partial charge >= 0.3 is 12.1 Å². The summed E-state index contributed by atoms with van der Waals surface area (Å²) < 4.78 is 9.80. The molecule has 0 aliphatic carbocycles. The number of methoxy groups -OCH3 is 1. The zero-order valence-corrected chi connectivity index (χ0v) is 11.4. The van der Waals surface area contributed by atoms with Gasteiger partial charge in [-0.05, 0) is 27.7 Å². The maximum atomic E-state index is 12.0. The molecule has 0 aromatic carbocycles. The topological polar surface area (TPSA) is 72.9 Å². The number of carbonyl (C=O) groups excluding carboxylic acids is 3. The molecule has 0 unspecified atom stereocenters. The van der Waals surface area contributed by atoms with Gasteiger partial charge in [-0.1, -0.05) is 0 Å². The fraction of sp³-hybridized carbons (Fsp3) is 0.750. The molecule has 1 fully saturated rings. The van der Waals surface area contributed by atoms with Crippen molar-refractivity contribution < 1.29 is 23.9 Å². The third-order valence-electron chi connectivity index (χ3n) is 2.84. The van der Waals surface area contributed by atoms with Crippen LogP contribution in [0.5, 0.6) is 0 Å². The Bertz CT molecular complexity index is 384. The summed E-state index contributed by atoms with van der Waals surface area (Å²) in [5, 5.41) is 0. The third kappa shape index (κ3) is 2.47. The van der Waals surface area contributed by atoms with Crippen molar-refractivity contribution in [3.05, 3.63) is 0 Å². The first kappa shape index (κ1) is 14.5. The van der Waals surface area contributed by atoms with Gasteiger partial charge in [-0.3, -0.25) is 9.69 Å². The van der Waals surface area contributed by atoms with Crippen molar-refractivity contribution in [2.75, 3.05) is 13.7 Å². The van der Waals surface area contributed by atoms with Crippen LogP contribution in [0, 0.1) is 0 Å². The Morgan fingerprint density at radius 3 is 2.33 bits per heavy atom. The van der Waals surface area contributed by atoms with Crippen LogP contribution in [0.25, 0.3) is 0 Å². The zero-order chi connectivity index (χ0) is 14.1. The minimum atomic E-state index is -1.57. The molecule has 0 bridgehead atoms. The molecule has 0 radical (unpaired) electrons. The number of hydrogen-bond donors (Lipinski definition) is 0. The molecule has 0 aromatic rings. The van der Waals surface area contributed by atoms with Gasteiger partial charge in [0.15, 0.2) is 11.3 Å². The third-order valence-corrected chi connectivity index (χ3v) is 2.84. The fourth-order valence-corrected chi connectivity index (χ4v) is 1.84. The summed E-state index contributed by atoms with van der Waals surface area (Å²) in [5.74, 6) is -1.07. The van der Waals surface area contributed by atoms with Gasteiger partial charge in [0.1, 0.15) is 5.60 Å². The molecule has 1 amide bonds. The molecule has 1 aliphatic heterocycles. The summed E-state index contributed by atoms with van der Waals surface area (Å²) >= 11 is 0. The van der Waals surface area contributed by atoms with Crippen molar-refractivity contribution in [2.45, 2.75) is 45.3 Å². The van der Waals surface area contributed by atoms with Gasteiger partial charge in [0.25, 0.3) is 0 Å². The fourth-order valence-electron chi connectivity index (χ4n) is 1.84. The Morgan fingerprint density at radius 1 is 1.33 bits per heavy atom. The van der Waals surface area contributed by atoms with Gasteiger partial charge in [-0.25, -0.2) is 9.59 Å². The first-order valence-corrected chi connectivity index (χ1v) is 5.75. The van der Waals surface area contributed by atoms with Gasteiger partial charge < -0.3 is 9.47 Å². The lowest BCUT2D eigenvalue weighted by Gasteiger charge is -2.32. The molecule has 1 aliphatic rings. The molecular weight excluding hydrogens is 238 g/mol. The van der Waals surface area contributed by atoms with Crippen LogP contribution >= 0.6 is 0 Å². The predicted octanol–water partition coefficient (Wildman–Crippen LogP) is 1.13. The van der Waals surface area contributed by atoms with Gasteiger partial charge in [-0.15, -0.1) is 0 Å². The number of ether oxygens (including phenoxy) is 2. The van der Waals surface area contributed by atoms with Gasteiger partial charge in [0.05, 0.1) is 7.11 Å². The number of rotatable bonds is 1. The lowest BCUT2D eigenvalue weighted by Crippen LogP contribution is -2.56. The van der Waals surface area contributed by atoms with E-state index in [-0.39, 0.29) is 18.7 Å². The van der Waals surface area contributed by atoms with Gasteiger partial charge in [0, 0.05) is 13.0 Å². The highest BCUT2D eigenvalue weighted by atomic mass is 16.6. The summed E-state index contributed by atoms with van der Waals surface area (Å²) in [5.41, 5.74) is -2.25. The Labute approximate surface area is 106 Å². The van der Waals surface area contributed by atoms with Crippen LogP contribution < -0.4 is 0 Å². The average molecular weight is 257 g/mol. The summed E-state index contributed by atoms with van der Waals surface area (Å²) in [7, 11) is 1.19. The van der Waals surface area contributed by atoms with E-state index >= 15 is 0 Å². The Morgan fingerprint density at radius 2 is 1.89 bits per heavy atom. The van der Waals surface area contributed by atoms with Gasteiger partial charge in [0.2, 0.25) is 0 Å². The van der Waals surface area contributed by atoms with Crippen LogP contribution in [0.3, 0.4) is 0 Å². The lowest BCUT2D eigenvalue weighted by molar-refractivity contribution is -0.155. The maximum Gasteiger partial charge on any atom is 0.411 e. The monoisotopic (exact) mass is 257 g/mol. The number of likely N-dealkylation sites (tertiary alicyclic amines) is 1. The molecule has 102 valence electrons. The summed E-state index contributed by atoms with van der Waals surface area (Å²) in [6.07, 6.45) is -0.550. The number of carbonyl (C=O) groups is 3. The normalized spacial score (nSPS) is 24.1. The van der Waals surface area contributed by atoms with E-state index < -0.39 is 23.2 Å². The molecule has 0 N–H and O–H groups in total. The van der Waals surface area contributed by atoms with Crippen molar-refractivity contribution in [1.82, 2.24) is 4.90 Å². The molecule has 6 nitrogen and oxygen atoms in total. The van der Waals surface area contributed by atoms with E-state index in [2.05, 4.69) is 4.74 Å². The second-order valence-corrected chi connectivity index (χ2v) is 5.37. The van der Waals surface area contributed by atoms with Crippen molar-refractivity contribution in [2.24, 2.45) is 0 Å². The first-order valence-electron chi connectivity index (χ1n) is 5.75. The summed E-state index contributed by atoms with van der Waals surface area (Å²) in [4.78, 5) is 36.7. The van der Waals surface area contributed by atoms with Gasteiger partial charge in [-0.2, -0.15) is 0 Å². The van der Waals surface area contributed by atoms with E-state index in [1.165, 1.54) is 14.0 Å². The molecule has 1 heterocycles. The van der Waals surface area contributed by atoms with Crippen molar-refractivity contribution in [3.63, 3.8) is 0 Å². The van der Waals surface area contributed by atoms with E-state index in [4.69, 9.17) is 4.74 Å². The molecule has 1 saturated heterocycles. The van der Waals surface area contributed by atoms with E-state index in [0.717, 1.165) is 4.90 Å². The number of hydrogen-bond acceptors (Lipinski definition) is 5. The number of esters is 1. The molecule has 0 saturated carbocycles. The molecule has 0 spiro atoms. The van der Waals surface area contributed by atoms with Crippen molar-refractivity contribution >= 4 is 17.8 Å². The number of amides is 1. The molecule has 18 heavy (non-hydrogen) atoms. The summed E-state index contributed by atoms with van der Waals surface area (Å²) in [6.45, 7) is 6.71. The quantitative estimate of drug-likeness (QED) is 0.520. The minimum absolute atomic E-state index is 0.130. The largest absolute Gasteiger partial charge is 0.467 e. The Kier molecular flexibility index (Phi) is 3.69. The smallest absolute Gasteiger partial charge is 0.411 e. The molecule has 1 atom stereocenters. The molecule has 0 aromatic heterocycles. The van der Waals surface area contributed by atoms with E-state index in [1.54, 1.807) is 20.8 Å². The van der Waals surface area contributed by atoms with Crippen molar-refractivity contribution in [3.8, 4) is 0 Å². The Balaban J connectivity index is 2.98. The summed E-state index contributed by atoms with van der Waals surface area (Å²) in [6, 6.07) is 0. The number of Topliss-reactive ketones (excluding diaryl/α,β-unsaturated/α-hetero) is 1. The maximum absolute atomic E-state index is 12.0. The molecule has 1 rings (SSSR count). The molecular formula is C12H19NO5. The van der Waals surface area contributed by atoms with Crippen LogP contribution in [-0.2, 0) is 19.1 Å². The van der Waals surface area contributed by atoms with Crippen LogP contribution in [0.1, 0.15) is 34.1 Å². The van der Waals surface area contributed by atoms with Crippen LogP contribution in [0.4, 0.5) is 4.79 Å². The van der Waals surface area contributed by atoms with Crippen LogP contribution in [-0.4, -0.2) is 47.5 Å². The predicted molar refractivity (Wildman–Crippen MR) is 63.0 cm³/mol. The average Bonchev–Trinajstić information content (AvgIpc) is 2.53. The Hall–Kier alpha value is -1.59. The SMILES string of the molecule is COC(=O)[C@]1(C)C(=O)CCN1C(=O)OC(C)(C)C.